The van der Waals surface area contributed by atoms with Crippen molar-refractivity contribution in [3.05, 3.63) is 57.0 Å². The van der Waals surface area contributed by atoms with Crippen LogP contribution in [0.2, 0.25) is 0 Å². The molecule has 3 aromatic rings. The number of amides is 1. The molecular formula is C25H29BrN4O4. The van der Waals surface area contributed by atoms with Crippen LogP contribution >= 0.6 is 15.9 Å². The topological polar surface area (TPSA) is 86.6 Å². The van der Waals surface area contributed by atoms with Crippen molar-refractivity contribution in [2.75, 3.05) is 13.1 Å². The van der Waals surface area contributed by atoms with E-state index in [9.17, 15) is 9.59 Å². The lowest BCUT2D eigenvalue weighted by Gasteiger charge is -2.34. The number of fused-ring (bicyclic) bond motifs is 1. The zero-order valence-electron chi connectivity index (χ0n) is 19.9. The molecular weight excluding hydrogens is 500 g/mol. The molecule has 34 heavy (non-hydrogen) atoms. The average Bonchev–Trinajstić information content (AvgIpc) is 2.78. The molecule has 0 radical (unpaired) electrons. The van der Waals surface area contributed by atoms with Crippen molar-refractivity contribution in [2.45, 2.75) is 52.7 Å². The van der Waals surface area contributed by atoms with Gasteiger partial charge in [0, 0.05) is 30.2 Å². The van der Waals surface area contributed by atoms with Crippen molar-refractivity contribution in [1.82, 2.24) is 19.4 Å². The van der Waals surface area contributed by atoms with Gasteiger partial charge >= 0.3 is 6.09 Å². The lowest BCUT2D eigenvalue weighted by molar-refractivity contribution is 0.0156. The molecule has 4 rings (SSSR count). The smallest absolute Gasteiger partial charge is 0.410 e. The second-order valence-corrected chi connectivity index (χ2v) is 10.5. The number of carbonyl (C=O) groups excluding carboxylic acids is 1. The Morgan fingerprint density at radius 2 is 1.88 bits per heavy atom. The van der Waals surface area contributed by atoms with Gasteiger partial charge in [0.15, 0.2) is 5.52 Å². The van der Waals surface area contributed by atoms with Gasteiger partial charge in [-0.2, -0.15) is 0 Å². The quantitative estimate of drug-likeness (QED) is 0.456. The molecule has 3 heterocycles. The molecule has 1 atom stereocenters. The summed E-state index contributed by atoms with van der Waals surface area (Å²) in [6.07, 6.45) is 1.47. The van der Waals surface area contributed by atoms with Crippen LogP contribution in [0.15, 0.2) is 45.7 Å². The molecule has 1 saturated heterocycles. The molecule has 180 valence electrons. The highest BCUT2D eigenvalue weighted by Gasteiger charge is 2.28. The molecule has 9 heteroatoms. The van der Waals surface area contributed by atoms with E-state index < -0.39 is 5.60 Å². The molecule has 0 bridgehead atoms. The van der Waals surface area contributed by atoms with Gasteiger partial charge in [-0.1, -0.05) is 15.9 Å². The number of pyridine rings is 1. The number of halogens is 1. The van der Waals surface area contributed by atoms with Crippen molar-refractivity contribution in [3.8, 4) is 11.6 Å². The Labute approximate surface area is 207 Å². The largest absolute Gasteiger partial charge is 0.444 e. The van der Waals surface area contributed by atoms with Crippen LogP contribution < -0.4 is 10.3 Å². The van der Waals surface area contributed by atoms with Crippen LogP contribution in [0.4, 0.5) is 4.79 Å². The number of benzene rings is 1. The number of nitrogens with zero attached hydrogens (tertiary/aromatic N) is 4. The van der Waals surface area contributed by atoms with E-state index in [0.717, 1.165) is 17.3 Å². The first-order valence-electron chi connectivity index (χ1n) is 11.4. The molecule has 0 unspecified atom stereocenters. The minimum absolute atomic E-state index is 0.124. The van der Waals surface area contributed by atoms with Gasteiger partial charge in [-0.25, -0.2) is 14.8 Å². The van der Waals surface area contributed by atoms with E-state index in [1.165, 1.54) is 0 Å². The van der Waals surface area contributed by atoms with Crippen molar-refractivity contribution < 1.29 is 14.3 Å². The number of aryl methyl sites for hydroxylation is 1. The average molecular weight is 529 g/mol. The highest BCUT2D eigenvalue weighted by atomic mass is 79.9. The number of likely N-dealkylation sites (tertiary alicyclic amines) is 1. The standard InChI is InChI=1S/C25H29BrN4O4/c1-16-27-20-11-12-21(33-19-9-7-18(26)8-10-19)28-22(20)23(31)30(16)15-17-6-5-13-29(14-17)24(32)34-25(2,3)4/h7-12,17H,5-6,13-15H2,1-4H3/t17-/m0/s1. The van der Waals surface area contributed by atoms with E-state index in [1.54, 1.807) is 21.6 Å². The van der Waals surface area contributed by atoms with E-state index in [0.29, 0.717) is 42.6 Å². The summed E-state index contributed by atoms with van der Waals surface area (Å²) < 4.78 is 14.0. The first kappa shape index (κ1) is 24.2. The Hall–Kier alpha value is -2.94. The summed E-state index contributed by atoms with van der Waals surface area (Å²) in [7, 11) is 0. The van der Waals surface area contributed by atoms with Crippen molar-refractivity contribution >= 4 is 33.1 Å². The van der Waals surface area contributed by atoms with E-state index in [4.69, 9.17) is 9.47 Å². The fraction of sp³-hybridized carbons (Fsp3) is 0.440. The second kappa shape index (κ2) is 9.74. The number of hydrogen-bond acceptors (Lipinski definition) is 6. The Morgan fingerprint density at radius 1 is 1.15 bits per heavy atom. The van der Waals surface area contributed by atoms with E-state index in [2.05, 4.69) is 25.9 Å². The second-order valence-electron chi connectivity index (χ2n) is 9.58. The SMILES string of the molecule is Cc1nc2ccc(Oc3ccc(Br)cc3)nc2c(=O)n1C[C@H]1CCCN(C(=O)OC(C)(C)C)C1. The predicted octanol–water partition coefficient (Wildman–Crippen LogP) is 5.30. The lowest BCUT2D eigenvalue weighted by atomic mass is 9.98. The van der Waals surface area contributed by atoms with E-state index in [1.807, 2.05) is 52.0 Å². The number of piperidine rings is 1. The molecule has 1 fully saturated rings. The summed E-state index contributed by atoms with van der Waals surface area (Å²) in [4.78, 5) is 36.7. The summed E-state index contributed by atoms with van der Waals surface area (Å²) >= 11 is 3.40. The highest BCUT2D eigenvalue weighted by molar-refractivity contribution is 9.10. The van der Waals surface area contributed by atoms with Gasteiger partial charge in [0.2, 0.25) is 5.88 Å². The van der Waals surface area contributed by atoms with Crippen LogP contribution in [0.3, 0.4) is 0 Å². The highest BCUT2D eigenvalue weighted by Crippen LogP contribution is 2.24. The maximum Gasteiger partial charge on any atom is 0.410 e. The van der Waals surface area contributed by atoms with Crippen LogP contribution in [-0.2, 0) is 11.3 Å². The summed E-state index contributed by atoms with van der Waals surface area (Å²) in [5.74, 6) is 1.70. The van der Waals surface area contributed by atoms with Crippen LogP contribution in [0.25, 0.3) is 11.0 Å². The lowest BCUT2D eigenvalue weighted by Crippen LogP contribution is -2.44. The third-order valence-corrected chi connectivity index (χ3v) is 6.15. The van der Waals surface area contributed by atoms with Gasteiger partial charge in [0.05, 0.1) is 5.52 Å². The zero-order chi connectivity index (χ0) is 24.5. The Morgan fingerprint density at radius 3 is 2.59 bits per heavy atom. The fourth-order valence-electron chi connectivity index (χ4n) is 4.05. The summed E-state index contributed by atoms with van der Waals surface area (Å²) in [5, 5.41) is 0. The zero-order valence-corrected chi connectivity index (χ0v) is 21.5. The first-order chi connectivity index (χ1) is 16.1. The maximum atomic E-state index is 13.4. The summed E-state index contributed by atoms with van der Waals surface area (Å²) in [6.45, 7) is 9.06. The molecule has 8 nitrogen and oxygen atoms in total. The molecule has 1 amide bonds. The minimum Gasteiger partial charge on any atom is -0.444 e. The minimum atomic E-state index is -0.540. The molecule has 1 aromatic carbocycles. The molecule has 0 saturated carbocycles. The van der Waals surface area contributed by atoms with Crippen LogP contribution in [0.1, 0.15) is 39.4 Å². The molecule has 2 aromatic heterocycles. The van der Waals surface area contributed by atoms with Gasteiger partial charge in [-0.3, -0.25) is 9.36 Å². The Balaban J connectivity index is 1.55. The van der Waals surface area contributed by atoms with Gasteiger partial charge in [-0.15, -0.1) is 0 Å². The van der Waals surface area contributed by atoms with Gasteiger partial charge in [-0.05, 0) is 76.8 Å². The monoisotopic (exact) mass is 528 g/mol. The number of carbonyl (C=O) groups is 1. The van der Waals surface area contributed by atoms with Crippen LogP contribution in [-0.4, -0.2) is 44.2 Å². The molecule has 1 aliphatic rings. The molecule has 1 aliphatic heterocycles. The third-order valence-electron chi connectivity index (χ3n) is 5.62. The Bertz CT molecular complexity index is 1250. The van der Waals surface area contributed by atoms with Crippen LogP contribution in [0, 0.1) is 12.8 Å². The maximum absolute atomic E-state index is 13.4. The normalized spacial score (nSPS) is 16.5. The van der Waals surface area contributed by atoms with Crippen molar-refractivity contribution in [1.29, 1.82) is 0 Å². The Kier molecular flexibility index (Phi) is 6.93. The summed E-state index contributed by atoms with van der Waals surface area (Å²) in [6, 6.07) is 10.8. The molecule has 0 N–H and O–H groups in total. The number of ether oxygens (including phenoxy) is 2. The fourth-order valence-corrected chi connectivity index (χ4v) is 4.32. The molecule has 0 aliphatic carbocycles. The molecule has 0 spiro atoms. The first-order valence-corrected chi connectivity index (χ1v) is 12.2. The predicted molar refractivity (Wildman–Crippen MR) is 133 cm³/mol. The van der Waals surface area contributed by atoms with Crippen LogP contribution in [0.5, 0.6) is 11.6 Å². The third kappa shape index (κ3) is 5.75. The van der Waals surface area contributed by atoms with Gasteiger partial charge < -0.3 is 14.4 Å². The summed E-state index contributed by atoms with van der Waals surface area (Å²) in [5.41, 5.74) is 0.0423. The van der Waals surface area contributed by atoms with Crippen molar-refractivity contribution in [3.63, 3.8) is 0 Å². The number of rotatable bonds is 4. The number of aromatic nitrogens is 3. The van der Waals surface area contributed by atoms with E-state index in [-0.39, 0.29) is 23.1 Å². The van der Waals surface area contributed by atoms with E-state index >= 15 is 0 Å². The van der Waals surface area contributed by atoms with Gasteiger partial charge in [0.25, 0.3) is 5.56 Å². The number of hydrogen-bond donors (Lipinski definition) is 0. The van der Waals surface area contributed by atoms with Crippen molar-refractivity contribution in [2.24, 2.45) is 5.92 Å². The van der Waals surface area contributed by atoms with Gasteiger partial charge in [0.1, 0.15) is 17.2 Å².